The minimum Gasteiger partial charge on any atom is -0.354 e. The lowest BCUT2D eigenvalue weighted by molar-refractivity contribution is -0.140. The number of carbonyl (C=O) groups excluding carboxylic acids is 2. The average molecular weight is 529 g/mol. The van der Waals surface area contributed by atoms with Gasteiger partial charge in [-0.2, -0.15) is 0 Å². The normalized spacial score (nSPS) is 12.2. The zero-order valence-corrected chi connectivity index (χ0v) is 22.2. The van der Waals surface area contributed by atoms with Gasteiger partial charge in [0.05, 0.1) is 22.0 Å². The number of hydrogen-bond acceptors (Lipinski definition) is 4. The van der Waals surface area contributed by atoms with Gasteiger partial charge < -0.3 is 10.2 Å². The fourth-order valence-corrected chi connectivity index (χ4v) is 4.56. The van der Waals surface area contributed by atoms with Crippen LogP contribution in [0.2, 0.25) is 10.0 Å². The van der Waals surface area contributed by atoms with Gasteiger partial charge in [0, 0.05) is 13.1 Å². The summed E-state index contributed by atoms with van der Waals surface area (Å²) in [6.45, 7) is 5.88. The van der Waals surface area contributed by atoms with Gasteiger partial charge in [-0.3, -0.25) is 13.9 Å². The number of carbonyl (C=O) groups is 2. The van der Waals surface area contributed by atoms with Crippen LogP contribution in [0.3, 0.4) is 0 Å². The van der Waals surface area contributed by atoms with Crippen LogP contribution >= 0.6 is 23.2 Å². The van der Waals surface area contributed by atoms with E-state index in [0.717, 1.165) is 28.1 Å². The van der Waals surface area contributed by atoms with Crippen molar-refractivity contribution in [3.05, 3.63) is 63.6 Å². The predicted octanol–water partition coefficient (Wildman–Crippen LogP) is 4.40. The first kappa shape index (κ1) is 28.0. The average Bonchev–Trinajstić information content (AvgIpc) is 2.78. The van der Waals surface area contributed by atoms with Gasteiger partial charge in [-0.25, -0.2) is 8.42 Å². The lowest BCUT2D eigenvalue weighted by atomic mass is 10.1. The molecule has 10 heteroatoms. The van der Waals surface area contributed by atoms with Crippen LogP contribution in [0.4, 0.5) is 5.69 Å². The highest BCUT2D eigenvalue weighted by Gasteiger charge is 2.31. The molecule has 34 heavy (non-hydrogen) atoms. The first-order chi connectivity index (χ1) is 16.0. The van der Waals surface area contributed by atoms with Crippen molar-refractivity contribution < 1.29 is 18.0 Å². The SMILES string of the molecule is CCCNC(=O)[C@H](CC)N(Cc1ccc(C)cc1)C(=O)CN(c1ccc(Cl)c(Cl)c1)S(C)(=O)=O. The van der Waals surface area contributed by atoms with E-state index < -0.39 is 28.5 Å². The van der Waals surface area contributed by atoms with E-state index in [0.29, 0.717) is 13.0 Å². The summed E-state index contributed by atoms with van der Waals surface area (Å²) in [5.74, 6) is -0.777. The highest BCUT2D eigenvalue weighted by Crippen LogP contribution is 2.28. The van der Waals surface area contributed by atoms with Gasteiger partial charge in [0.2, 0.25) is 21.8 Å². The van der Waals surface area contributed by atoms with E-state index in [9.17, 15) is 18.0 Å². The molecule has 0 spiro atoms. The summed E-state index contributed by atoms with van der Waals surface area (Å²) in [5, 5.41) is 3.28. The van der Waals surface area contributed by atoms with Crippen LogP contribution in [0, 0.1) is 6.92 Å². The second kappa shape index (κ2) is 12.4. The molecule has 7 nitrogen and oxygen atoms in total. The van der Waals surface area contributed by atoms with Crippen molar-refractivity contribution in [2.45, 2.75) is 46.2 Å². The second-order valence-corrected chi connectivity index (χ2v) is 10.8. The number of nitrogens with zero attached hydrogens (tertiary/aromatic N) is 2. The molecule has 0 bridgehead atoms. The summed E-state index contributed by atoms with van der Waals surface area (Å²) < 4.78 is 26.2. The summed E-state index contributed by atoms with van der Waals surface area (Å²) in [6.07, 6.45) is 2.14. The molecule has 1 N–H and O–H groups in total. The van der Waals surface area contributed by atoms with Crippen LogP contribution in [0.15, 0.2) is 42.5 Å². The topological polar surface area (TPSA) is 86.8 Å². The maximum atomic E-state index is 13.6. The monoisotopic (exact) mass is 527 g/mol. The second-order valence-electron chi connectivity index (χ2n) is 8.09. The number of aryl methyl sites for hydroxylation is 1. The number of benzene rings is 2. The first-order valence-electron chi connectivity index (χ1n) is 11.0. The maximum Gasteiger partial charge on any atom is 0.244 e. The summed E-state index contributed by atoms with van der Waals surface area (Å²) in [5.41, 5.74) is 2.11. The number of rotatable bonds is 11. The Morgan fingerprint density at radius 2 is 1.68 bits per heavy atom. The summed E-state index contributed by atoms with van der Waals surface area (Å²) in [4.78, 5) is 27.9. The standard InChI is InChI=1S/C24H31Cl2N3O4S/c1-5-13-27-24(31)22(6-2)28(15-18-9-7-17(3)8-10-18)23(30)16-29(34(4,32)33)19-11-12-20(25)21(26)14-19/h7-12,14,22H,5-6,13,15-16H2,1-4H3,(H,27,31)/t22-/m0/s1. The molecule has 0 aromatic heterocycles. The number of sulfonamides is 1. The van der Waals surface area contributed by atoms with Crippen LogP contribution < -0.4 is 9.62 Å². The highest BCUT2D eigenvalue weighted by atomic mass is 35.5. The van der Waals surface area contributed by atoms with Crippen LogP contribution in [0.1, 0.15) is 37.8 Å². The quantitative estimate of drug-likeness (QED) is 0.469. The van der Waals surface area contributed by atoms with E-state index >= 15 is 0 Å². The number of hydrogen-bond donors (Lipinski definition) is 1. The van der Waals surface area contributed by atoms with E-state index in [2.05, 4.69) is 5.32 Å². The van der Waals surface area contributed by atoms with Crippen LogP contribution in [-0.4, -0.2) is 50.5 Å². The van der Waals surface area contributed by atoms with Crippen molar-refractivity contribution in [2.75, 3.05) is 23.7 Å². The zero-order chi connectivity index (χ0) is 25.5. The van der Waals surface area contributed by atoms with E-state index in [1.54, 1.807) is 0 Å². The molecule has 0 aliphatic rings. The molecule has 2 amide bonds. The molecule has 0 aliphatic carbocycles. The molecule has 2 rings (SSSR count). The largest absolute Gasteiger partial charge is 0.354 e. The Balaban J connectivity index is 2.43. The fourth-order valence-electron chi connectivity index (χ4n) is 3.43. The molecule has 0 saturated carbocycles. The van der Waals surface area contributed by atoms with Crippen molar-refractivity contribution in [3.8, 4) is 0 Å². The van der Waals surface area contributed by atoms with Gasteiger partial charge >= 0.3 is 0 Å². The van der Waals surface area contributed by atoms with Gasteiger partial charge in [0.15, 0.2) is 0 Å². The van der Waals surface area contributed by atoms with Crippen molar-refractivity contribution in [3.63, 3.8) is 0 Å². The van der Waals surface area contributed by atoms with E-state index in [1.807, 2.05) is 45.0 Å². The Morgan fingerprint density at radius 1 is 1.03 bits per heavy atom. The smallest absolute Gasteiger partial charge is 0.244 e. The van der Waals surface area contributed by atoms with Gasteiger partial charge in [-0.1, -0.05) is 66.9 Å². The molecule has 0 fully saturated rings. The molecule has 0 heterocycles. The van der Waals surface area contributed by atoms with Gasteiger partial charge in [-0.15, -0.1) is 0 Å². The molecular formula is C24H31Cl2N3O4S. The Hall–Kier alpha value is -2.29. The first-order valence-corrected chi connectivity index (χ1v) is 13.6. The summed E-state index contributed by atoms with van der Waals surface area (Å²) in [6, 6.07) is 11.2. The van der Waals surface area contributed by atoms with Gasteiger partial charge in [0.25, 0.3) is 0 Å². The zero-order valence-electron chi connectivity index (χ0n) is 19.8. The predicted molar refractivity (Wildman–Crippen MR) is 138 cm³/mol. The number of anilines is 1. The van der Waals surface area contributed by atoms with Crippen LogP contribution in [-0.2, 0) is 26.2 Å². The van der Waals surface area contributed by atoms with E-state index in [-0.39, 0.29) is 28.2 Å². The molecule has 0 saturated heterocycles. The maximum absolute atomic E-state index is 13.6. The number of halogens is 2. The molecule has 0 aliphatic heterocycles. The Labute approximate surface area is 212 Å². The molecular weight excluding hydrogens is 497 g/mol. The Kier molecular flexibility index (Phi) is 10.2. The molecule has 186 valence electrons. The lowest BCUT2D eigenvalue weighted by Gasteiger charge is -2.33. The third-order valence-corrected chi connectivity index (χ3v) is 7.16. The lowest BCUT2D eigenvalue weighted by Crippen LogP contribution is -2.52. The minimum absolute atomic E-state index is 0.163. The third-order valence-electron chi connectivity index (χ3n) is 5.28. The molecule has 0 radical (unpaired) electrons. The summed E-state index contributed by atoms with van der Waals surface area (Å²) in [7, 11) is -3.84. The van der Waals surface area contributed by atoms with Gasteiger partial charge in [0.1, 0.15) is 12.6 Å². The van der Waals surface area contributed by atoms with Crippen LogP contribution in [0.25, 0.3) is 0 Å². The van der Waals surface area contributed by atoms with Crippen molar-refractivity contribution in [2.24, 2.45) is 0 Å². The Bertz CT molecular complexity index is 1110. The van der Waals surface area contributed by atoms with E-state index in [1.165, 1.54) is 23.1 Å². The number of amides is 2. The molecule has 0 unspecified atom stereocenters. The van der Waals surface area contributed by atoms with Crippen molar-refractivity contribution >= 4 is 50.7 Å². The summed E-state index contributed by atoms with van der Waals surface area (Å²) >= 11 is 12.1. The van der Waals surface area contributed by atoms with Crippen molar-refractivity contribution in [1.29, 1.82) is 0 Å². The fraction of sp³-hybridized carbons (Fsp3) is 0.417. The molecule has 2 aromatic rings. The highest BCUT2D eigenvalue weighted by molar-refractivity contribution is 7.92. The molecule has 1 atom stereocenters. The van der Waals surface area contributed by atoms with E-state index in [4.69, 9.17) is 23.2 Å². The number of nitrogens with one attached hydrogen (secondary N) is 1. The molecule has 2 aromatic carbocycles. The third kappa shape index (κ3) is 7.61. The van der Waals surface area contributed by atoms with Gasteiger partial charge in [-0.05, 0) is 43.5 Å². The van der Waals surface area contributed by atoms with Crippen LogP contribution in [0.5, 0.6) is 0 Å². The Morgan fingerprint density at radius 3 is 2.21 bits per heavy atom. The van der Waals surface area contributed by atoms with Crippen molar-refractivity contribution in [1.82, 2.24) is 10.2 Å². The minimum atomic E-state index is -3.84.